The van der Waals surface area contributed by atoms with E-state index >= 15 is 0 Å². The van der Waals surface area contributed by atoms with E-state index in [1.54, 1.807) is 7.11 Å². The number of hydrogen-bond donors (Lipinski definition) is 2. The molecule has 1 aromatic rings. The van der Waals surface area contributed by atoms with Crippen LogP contribution in [0.1, 0.15) is 24.0 Å². The van der Waals surface area contributed by atoms with Crippen LogP contribution in [0.5, 0.6) is 5.75 Å². The summed E-state index contributed by atoms with van der Waals surface area (Å²) in [5.74, 6) is 0.965. The maximum Gasteiger partial charge on any atom is 0.224 e. The van der Waals surface area contributed by atoms with Crippen molar-refractivity contribution in [3.63, 3.8) is 0 Å². The second kappa shape index (κ2) is 5.19. The van der Waals surface area contributed by atoms with Crippen LogP contribution in [0.2, 0.25) is 0 Å². The Labute approximate surface area is 101 Å². The molecule has 2 rings (SSSR count). The zero-order valence-electron chi connectivity index (χ0n) is 10.1. The molecule has 4 nitrogen and oxygen atoms in total. The Bertz CT molecular complexity index is 430. The molecule has 0 unspecified atom stereocenters. The summed E-state index contributed by atoms with van der Waals surface area (Å²) in [6.45, 7) is 0.599. The predicted octanol–water partition coefficient (Wildman–Crippen LogP) is 1.47. The standard InChI is InChI=1S/C13H18N2O2/c1-17-13-9(7-8-14)5-6-11-10(13)3-2-4-12(16)15-11/h5-6H,2-4,7-8,14H2,1H3,(H,15,16). The lowest BCUT2D eigenvalue weighted by molar-refractivity contribution is -0.116. The number of nitrogens with two attached hydrogens (primary N) is 1. The normalized spacial score (nSPS) is 14.8. The molecular weight excluding hydrogens is 216 g/mol. The Balaban J connectivity index is 2.44. The highest BCUT2D eigenvalue weighted by atomic mass is 16.5. The molecule has 0 aliphatic carbocycles. The summed E-state index contributed by atoms with van der Waals surface area (Å²) >= 11 is 0. The molecule has 1 aliphatic rings. The highest BCUT2D eigenvalue weighted by molar-refractivity contribution is 5.92. The van der Waals surface area contributed by atoms with E-state index in [-0.39, 0.29) is 5.91 Å². The molecule has 0 saturated carbocycles. The van der Waals surface area contributed by atoms with E-state index < -0.39 is 0 Å². The second-order valence-corrected chi connectivity index (χ2v) is 4.22. The number of benzene rings is 1. The fraction of sp³-hybridized carbons (Fsp3) is 0.462. The summed E-state index contributed by atoms with van der Waals surface area (Å²) in [4.78, 5) is 11.5. The van der Waals surface area contributed by atoms with E-state index in [0.717, 1.165) is 41.8 Å². The monoisotopic (exact) mass is 234 g/mol. The average molecular weight is 234 g/mol. The predicted molar refractivity (Wildman–Crippen MR) is 67.3 cm³/mol. The number of anilines is 1. The lowest BCUT2D eigenvalue weighted by atomic mass is 10.0. The van der Waals surface area contributed by atoms with E-state index in [9.17, 15) is 4.79 Å². The molecule has 17 heavy (non-hydrogen) atoms. The van der Waals surface area contributed by atoms with Crippen LogP contribution in [0.25, 0.3) is 0 Å². The smallest absolute Gasteiger partial charge is 0.224 e. The molecule has 0 radical (unpaired) electrons. The number of rotatable bonds is 3. The van der Waals surface area contributed by atoms with Gasteiger partial charge in [-0.1, -0.05) is 6.07 Å². The number of methoxy groups -OCH3 is 1. The molecule has 3 N–H and O–H groups in total. The van der Waals surface area contributed by atoms with E-state index in [1.165, 1.54) is 0 Å². The number of carbonyl (C=O) groups excluding carboxylic acids is 1. The molecule has 0 atom stereocenters. The van der Waals surface area contributed by atoms with E-state index in [1.807, 2.05) is 12.1 Å². The minimum atomic E-state index is 0.0809. The Kier molecular flexibility index (Phi) is 3.64. The van der Waals surface area contributed by atoms with Gasteiger partial charge >= 0.3 is 0 Å². The number of ether oxygens (including phenoxy) is 1. The number of hydrogen-bond acceptors (Lipinski definition) is 3. The quantitative estimate of drug-likeness (QED) is 0.832. The molecule has 1 aliphatic heterocycles. The first-order chi connectivity index (χ1) is 8.26. The van der Waals surface area contributed by atoms with Gasteiger partial charge in [0, 0.05) is 17.7 Å². The molecule has 1 amide bonds. The summed E-state index contributed by atoms with van der Waals surface area (Å²) in [6, 6.07) is 3.93. The van der Waals surface area contributed by atoms with Gasteiger partial charge in [0.2, 0.25) is 5.91 Å². The van der Waals surface area contributed by atoms with E-state index in [2.05, 4.69) is 5.32 Å². The number of nitrogens with one attached hydrogen (secondary N) is 1. The fourth-order valence-corrected chi connectivity index (χ4v) is 2.29. The van der Waals surface area contributed by atoms with E-state index in [0.29, 0.717) is 13.0 Å². The van der Waals surface area contributed by atoms with Crippen molar-refractivity contribution < 1.29 is 9.53 Å². The molecule has 1 heterocycles. The highest BCUT2D eigenvalue weighted by Crippen LogP contribution is 2.34. The average Bonchev–Trinajstić information content (AvgIpc) is 2.50. The van der Waals surface area contributed by atoms with Crippen molar-refractivity contribution in [2.75, 3.05) is 19.0 Å². The van der Waals surface area contributed by atoms with Crippen LogP contribution in [-0.2, 0) is 17.6 Å². The van der Waals surface area contributed by atoms with Gasteiger partial charge in [-0.3, -0.25) is 4.79 Å². The maximum absolute atomic E-state index is 11.5. The Hall–Kier alpha value is -1.55. The number of fused-ring (bicyclic) bond motifs is 1. The SMILES string of the molecule is COc1c(CCN)ccc2c1CCCC(=O)N2. The third-order valence-electron chi connectivity index (χ3n) is 3.06. The maximum atomic E-state index is 11.5. The first-order valence-electron chi connectivity index (χ1n) is 5.95. The number of carbonyl (C=O) groups is 1. The lowest BCUT2D eigenvalue weighted by Gasteiger charge is -2.15. The van der Waals surface area contributed by atoms with Crippen molar-refractivity contribution in [1.29, 1.82) is 0 Å². The summed E-state index contributed by atoms with van der Waals surface area (Å²) in [5.41, 5.74) is 8.68. The van der Waals surface area contributed by atoms with Gasteiger partial charge in [-0.05, 0) is 37.4 Å². The number of amides is 1. The van der Waals surface area contributed by atoms with Gasteiger partial charge in [-0.25, -0.2) is 0 Å². The molecule has 92 valence electrons. The summed E-state index contributed by atoms with van der Waals surface area (Å²) in [6.07, 6.45) is 3.10. The first kappa shape index (κ1) is 11.9. The zero-order chi connectivity index (χ0) is 12.3. The van der Waals surface area contributed by atoms with Gasteiger partial charge in [0.15, 0.2) is 0 Å². The van der Waals surface area contributed by atoms with Crippen LogP contribution < -0.4 is 15.8 Å². The van der Waals surface area contributed by atoms with Crippen LogP contribution in [0, 0.1) is 0 Å². The van der Waals surface area contributed by atoms with Crippen LogP contribution in [0.3, 0.4) is 0 Å². The van der Waals surface area contributed by atoms with Crippen molar-refractivity contribution in [3.05, 3.63) is 23.3 Å². The lowest BCUT2D eigenvalue weighted by Crippen LogP contribution is -2.10. The molecule has 1 aromatic carbocycles. The minimum Gasteiger partial charge on any atom is -0.496 e. The molecule has 0 fully saturated rings. The summed E-state index contributed by atoms with van der Waals surface area (Å²) in [5, 5.41) is 2.92. The van der Waals surface area contributed by atoms with Crippen molar-refractivity contribution in [1.82, 2.24) is 0 Å². The summed E-state index contributed by atoms with van der Waals surface area (Å²) in [7, 11) is 1.67. The van der Waals surface area contributed by atoms with Crippen molar-refractivity contribution in [2.45, 2.75) is 25.7 Å². The fourth-order valence-electron chi connectivity index (χ4n) is 2.29. The second-order valence-electron chi connectivity index (χ2n) is 4.22. The van der Waals surface area contributed by atoms with Crippen molar-refractivity contribution in [3.8, 4) is 5.75 Å². The first-order valence-corrected chi connectivity index (χ1v) is 5.95. The molecule has 0 spiro atoms. The van der Waals surface area contributed by atoms with Gasteiger partial charge < -0.3 is 15.8 Å². The largest absolute Gasteiger partial charge is 0.496 e. The Morgan fingerprint density at radius 2 is 2.24 bits per heavy atom. The zero-order valence-corrected chi connectivity index (χ0v) is 10.1. The van der Waals surface area contributed by atoms with Crippen LogP contribution >= 0.6 is 0 Å². The van der Waals surface area contributed by atoms with Crippen LogP contribution in [0.15, 0.2) is 12.1 Å². The molecular formula is C13H18N2O2. The molecule has 0 saturated heterocycles. The topological polar surface area (TPSA) is 64.3 Å². The van der Waals surface area contributed by atoms with Crippen LogP contribution in [-0.4, -0.2) is 19.6 Å². The highest BCUT2D eigenvalue weighted by Gasteiger charge is 2.18. The Morgan fingerprint density at radius 1 is 1.41 bits per heavy atom. The van der Waals surface area contributed by atoms with Gasteiger partial charge in [0.1, 0.15) is 5.75 Å². The molecule has 0 bridgehead atoms. The Morgan fingerprint density at radius 3 is 2.94 bits per heavy atom. The van der Waals surface area contributed by atoms with Gasteiger partial charge in [-0.2, -0.15) is 0 Å². The van der Waals surface area contributed by atoms with E-state index in [4.69, 9.17) is 10.5 Å². The van der Waals surface area contributed by atoms with Gasteiger partial charge in [0.25, 0.3) is 0 Å². The van der Waals surface area contributed by atoms with Crippen LogP contribution in [0.4, 0.5) is 5.69 Å². The third kappa shape index (κ3) is 2.42. The third-order valence-corrected chi connectivity index (χ3v) is 3.06. The van der Waals surface area contributed by atoms with Gasteiger partial charge in [0.05, 0.1) is 7.11 Å². The minimum absolute atomic E-state index is 0.0809. The molecule has 4 heteroatoms. The summed E-state index contributed by atoms with van der Waals surface area (Å²) < 4.78 is 5.48. The van der Waals surface area contributed by atoms with Gasteiger partial charge in [-0.15, -0.1) is 0 Å². The van der Waals surface area contributed by atoms with Crippen molar-refractivity contribution in [2.24, 2.45) is 5.73 Å². The van der Waals surface area contributed by atoms with Crippen molar-refractivity contribution >= 4 is 11.6 Å². The molecule has 0 aromatic heterocycles.